The van der Waals surface area contributed by atoms with Crippen LogP contribution in [0.25, 0.3) is 0 Å². The standard InChI is InChI=1S/C12H13NO4/c1-7(12(15)16)13-11(14)8-2-3-9-5-17-6-10(9)4-8/h2-4,7H,5-6H2,1H3,(H,13,14)(H,15,16)/t7-/m1/s1. The van der Waals surface area contributed by atoms with Crippen molar-refractivity contribution in [2.24, 2.45) is 0 Å². The van der Waals surface area contributed by atoms with Crippen molar-refractivity contribution in [1.29, 1.82) is 0 Å². The molecule has 1 amide bonds. The van der Waals surface area contributed by atoms with E-state index in [-0.39, 0.29) is 5.91 Å². The minimum atomic E-state index is -1.05. The first-order valence-electron chi connectivity index (χ1n) is 5.31. The lowest BCUT2D eigenvalue weighted by Gasteiger charge is -2.09. The van der Waals surface area contributed by atoms with Crippen LogP contribution in [0.1, 0.15) is 28.4 Å². The molecule has 0 unspecified atom stereocenters. The quantitative estimate of drug-likeness (QED) is 0.816. The Labute approximate surface area is 98.4 Å². The predicted octanol–water partition coefficient (Wildman–Crippen LogP) is 0.920. The van der Waals surface area contributed by atoms with Gasteiger partial charge in [0.25, 0.3) is 5.91 Å². The molecule has 0 spiro atoms. The number of carboxylic acids is 1. The van der Waals surface area contributed by atoms with Crippen molar-refractivity contribution in [2.75, 3.05) is 0 Å². The highest BCUT2D eigenvalue weighted by molar-refractivity contribution is 5.96. The van der Waals surface area contributed by atoms with Crippen LogP contribution in [0.5, 0.6) is 0 Å². The van der Waals surface area contributed by atoms with Gasteiger partial charge in [-0.25, -0.2) is 0 Å². The van der Waals surface area contributed by atoms with Gasteiger partial charge in [-0.05, 0) is 30.2 Å². The largest absolute Gasteiger partial charge is 0.480 e. The SMILES string of the molecule is C[C@@H](NC(=O)c1ccc2c(c1)COC2)C(=O)O. The molecule has 1 heterocycles. The normalized spacial score (nSPS) is 15.1. The first-order chi connectivity index (χ1) is 8.08. The van der Waals surface area contributed by atoms with Gasteiger partial charge in [0.1, 0.15) is 6.04 Å². The molecule has 2 rings (SSSR count). The smallest absolute Gasteiger partial charge is 0.325 e. The number of aliphatic carboxylic acids is 1. The first-order valence-corrected chi connectivity index (χ1v) is 5.31. The summed E-state index contributed by atoms with van der Waals surface area (Å²) >= 11 is 0. The van der Waals surface area contributed by atoms with E-state index in [1.54, 1.807) is 12.1 Å². The number of fused-ring (bicyclic) bond motifs is 1. The van der Waals surface area contributed by atoms with E-state index in [0.29, 0.717) is 18.8 Å². The molecule has 0 fully saturated rings. The van der Waals surface area contributed by atoms with E-state index in [0.717, 1.165) is 11.1 Å². The number of rotatable bonds is 3. The zero-order chi connectivity index (χ0) is 12.4. The Hall–Kier alpha value is -1.88. The van der Waals surface area contributed by atoms with E-state index in [1.165, 1.54) is 6.92 Å². The summed E-state index contributed by atoms with van der Waals surface area (Å²) < 4.78 is 5.24. The molecular formula is C12H13NO4. The molecule has 0 saturated heterocycles. The number of carbonyl (C=O) groups is 2. The van der Waals surface area contributed by atoms with Crippen LogP contribution in [-0.4, -0.2) is 23.0 Å². The van der Waals surface area contributed by atoms with Gasteiger partial charge in [-0.2, -0.15) is 0 Å². The van der Waals surface area contributed by atoms with Crippen LogP contribution in [0, 0.1) is 0 Å². The van der Waals surface area contributed by atoms with E-state index >= 15 is 0 Å². The molecule has 1 aliphatic heterocycles. The van der Waals surface area contributed by atoms with Crippen molar-refractivity contribution in [3.05, 3.63) is 34.9 Å². The highest BCUT2D eigenvalue weighted by atomic mass is 16.5. The van der Waals surface area contributed by atoms with Gasteiger partial charge in [0.05, 0.1) is 13.2 Å². The van der Waals surface area contributed by atoms with Gasteiger partial charge >= 0.3 is 5.97 Å². The summed E-state index contributed by atoms with van der Waals surface area (Å²) in [4.78, 5) is 22.4. The molecule has 0 radical (unpaired) electrons. The third kappa shape index (κ3) is 2.45. The van der Waals surface area contributed by atoms with Gasteiger partial charge in [0.2, 0.25) is 0 Å². The molecule has 2 N–H and O–H groups in total. The molecule has 90 valence electrons. The Morgan fingerprint density at radius 3 is 2.76 bits per heavy atom. The van der Waals surface area contributed by atoms with Gasteiger partial charge in [0.15, 0.2) is 0 Å². The number of carbonyl (C=O) groups excluding carboxylic acids is 1. The van der Waals surface area contributed by atoms with E-state index in [2.05, 4.69) is 5.32 Å². The van der Waals surface area contributed by atoms with Crippen molar-refractivity contribution in [3.8, 4) is 0 Å². The molecule has 1 aromatic carbocycles. The van der Waals surface area contributed by atoms with Crippen LogP contribution in [-0.2, 0) is 22.7 Å². The van der Waals surface area contributed by atoms with Crippen molar-refractivity contribution in [3.63, 3.8) is 0 Å². The summed E-state index contributed by atoms with van der Waals surface area (Å²) in [5, 5.41) is 11.1. The average molecular weight is 235 g/mol. The van der Waals surface area contributed by atoms with Crippen molar-refractivity contribution in [1.82, 2.24) is 5.32 Å². The van der Waals surface area contributed by atoms with Crippen LogP contribution in [0.4, 0.5) is 0 Å². The fourth-order valence-electron chi connectivity index (χ4n) is 1.65. The lowest BCUT2D eigenvalue weighted by molar-refractivity contribution is -0.138. The van der Waals surface area contributed by atoms with Crippen LogP contribution >= 0.6 is 0 Å². The Kier molecular flexibility index (Phi) is 3.10. The average Bonchev–Trinajstić information content (AvgIpc) is 2.75. The molecule has 1 aromatic rings. The molecule has 1 aliphatic rings. The highest BCUT2D eigenvalue weighted by Gasteiger charge is 2.17. The second-order valence-corrected chi connectivity index (χ2v) is 4.01. The molecule has 0 aromatic heterocycles. The summed E-state index contributed by atoms with van der Waals surface area (Å²) in [6, 6.07) is 4.36. The fourth-order valence-corrected chi connectivity index (χ4v) is 1.65. The lowest BCUT2D eigenvalue weighted by Crippen LogP contribution is -2.38. The highest BCUT2D eigenvalue weighted by Crippen LogP contribution is 2.20. The number of benzene rings is 1. The molecular weight excluding hydrogens is 222 g/mol. The summed E-state index contributed by atoms with van der Waals surface area (Å²) in [6.07, 6.45) is 0. The maximum absolute atomic E-state index is 11.7. The third-order valence-corrected chi connectivity index (χ3v) is 2.70. The zero-order valence-corrected chi connectivity index (χ0v) is 9.40. The van der Waals surface area contributed by atoms with Crippen molar-refractivity contribution in [2.45, 2.75) is 26.2 Å². The number of hydrogen-bond donors (Lipinski definition) is 2. The minimum absolute atomic E-state index is 0.380. The molecule has 5 heteroatoms. The Balaban J connectivity index is 2.12. The second kappa shape index (κ2) is 4.55. The monoisotopic (exact) mass is 235 g/mol. The Bertz CT molecular complexity index is 470. The number of nitrogens with one attached hydrogen (secondary N) is 1. The zero-order valence-electron chi connectivity index (χ0n) is 9.40. The van der Waals surface area contributed by atoms with Crippen LogP contribution < -0.4 is 5.32 Å². The molecule has 1 atom stereocenters. The Morgan fingerprint density at radius 1 is 1.35 bits per heavy atom. The molecule has 17 heavy (non-hydrogen) atoms. The molecule has 0 saturated carbocycles. The second-order valence-electron chi connectivity index (χ2n) is 4.01. The number of carboxylic acid groups (broad SMARTS) is 1. The maximum atomic E-state index is 11.7. The lowest BCUT2D eigenvalue weighted by atomic mass is 10.1. The number of hydrogen-bond acceptors (Lipinski definition) is 3. The van der Waals surface area contributed by atoms with E-state index in [9.17, 15) is 9.59 Å². The van der Waals surface area contributed by atoms with Gasteiger partial charge in [0, 0.05) is 5.56 Å². The molecule has 5 nitrogen and oxygen atoms in total. The summed E-state index contributed by atoms with van der Waals surface area (Å²) in [7, 11) is 0. The number of ether oxygens (including phenoxy) is 1. The Morgan fingerprint density at radius 2 is 2.06 bits per heavy atom. The van der Waals surface area contributed by atoms with E-state index in [1.807, 2.05) is 6.07 Å². The maximum Gasteiger partial charge on any atom is 0.325 e. The van der Waals surface area contributed by atoms with Gasteiger partial charge < -0.3 is 15.2 Å². The van der Waals surface area contributed by atoms with Crippen molar-refractivity contribution >= 4 is 11.9 Å². The summed E-state index contributed by atoms with van der Waals surface area (Å²) in [5.74, 6) is -1.43. The van der Waals surface area contributed by atoms with Gasteiger partial charge in [-0.3, -0.25) is 9.59 Å². The predicted molar refractivity (Wildman–Crippen MR) is 59.5 cm³/mol. The number of amides is 1. The molecule has 0 aliphatic carbocycles. The van der Waals surface area contributed by atoms with E-state index in [4.69, 9.17) is 9.84 Å². The van der Waals surface area contributed by atoms with Gasteiger partial charge in [-0.15, -0.1) is 0 Å². The fraction of sp³-hybridized carbons (Fsp3) is 0.333. The van der Waals surface area contributed by atoms with Crippen LogP contribution in [0.15, 0.2) is 18.2 Å². The van der Waals surface area contributed by atoms with Crippen molar-refractivity contribution < 1.29 is 19.4 Å². The first kappa shape index (κ1) is 11.6. The molecule has 0 bridgehead atoms. The third-order valence-electron chi connectivity index (χ3n) is 2.70. The topological polar surface area (TPSA) is 75.6 Å². The minimum Gasteiger partial charge on any atom is -0.480 e. The van der Waals surface area contributed by atoms with E-state index < -0.39 is 12.0 Å². The van der Waals surface area contributed by atoms with Gasteiger partial charge in [-0.1, -0.05) is 6.07 Å². The summed E-state index contributed by atoms with van der Waals surface area (Å²) in [5.41, 5.74) is 2.52. The van der Waals surface area contributed by atoms with Crippen LogP contribution in [0.2, 0.25) is 0 Å². The van der Waals surface area contributed by atoms with Crippen LogP contribution in [0.3, 0.4) is 0 Å². The summed E-state index contributed by atoms with van der Waals surface area (Å²) in [6.45, 7) is 2.50.